The molecule has 0 bridgehead atoms. The zero-order valence-corrected chi connectivity index (χ0v) is 15.0. The maximum absolute atomic E-state index is 10.8. The molecule has 0 amide bonds. The van der Waals surface area contributed by atoms with Crippen LogP contribution in [0.2, 0.25) is 0 Å². The second kappa shape index (κ2) is 7.44. The number of aromatic nitrogens is 1. The van der Waals surface area contributed by atoms with Crippen LogP contribution in [-0.2, 0) is 6.42 Å². The predicted octanol–water partition coefficient (Wildman–Crippen LogP) is 4.99. The molecule has 0 saturated carbocycles. The largest absolute Gasteiger partial charge is 0.384 e. The van der Waals surface area contributed by atoms with Gasteiger partial charge in [0.15, 0.2) is 0 Å². The van der Waals surface area contributed by atoms with Crippen molar-refractivity contribution >= 4 is 22.7 Å². The van der Waals surface area contributed by atoms with Gasteiger partial charge in [-0.1, -0.05) is 29.8 Å². The van der Waals surface area contributed by atoms with Crippen LogP contribution in [0.25, 0.3) is 10.6 Å². The van der Waals surface area contributed by atoms with Gasteiger partial charge in [0.25, 0.3) is 5.69 Å². The number of thiazole rings is 1. The molecule has 1 heterocycles. The number of hydrogen-bond donors (Lipinski definition) is 1. The summed E-state index contributed by atoms with van der Waals surface area (Å²) in [4.78, 5) is 15.1. The number of rotatable bonds is 6. The number of hydrogen-bond acceptors (Lipinski definition) is 5. The van der Waals surface area contributed by atoms with Gasteiger partial charge in [0, 0.05) is 41.7 Å². The molecular weight excluding hydrogens is 334 g/mol. The van der Waals surface area contributed by atoms with Crippen LogP contribution in [0.4, 0.5) is 11.4 Å². The molecule has 1 N–H and O–H groups in total. The van der Waals surface area contributed by atoms with Gasteiger partial charge >= 0.3 is 0 Å². The fourth-order valence-corrected chi connectivity index (χ4v) is 3.40. The van der Waals surface area contributed by atoms with Crippen molar-refractivity contribution in [2.24, 2.45) is 0 Å². The molecule has 2 aromatic carbocycles. The Morgan fingerprint density at radius 2 is 1.92 bits per heavy atom. The lowest BCUT2D eigenvalue weighted by Crippen LogP contribution is -2.06. The third kappa shape index (κ3) is 4.22. The molecular formula is C19H19N3O2S. The van der Waals surface area contributed by atoms with Crippen LogP contribution in [0.3, 0.4) is 0 Å². The summed E-state index contributed by atoms with van der Waals surface area (Å²) in [6.45, 7) is 4.67. The summed E-state index contributed by atoms with van der Waals surface area (Å²) in [6, 6.07) is 13.2. The van der Waals surface area contributed by atoms with E-state index >= 15 is 0 Å². The van der Waals surface area contributed by atoms with Gasteiger partial charge in [0.1, 0.15) is 5.01 Å². The van der Waals surface area contributed by atoms with E-state index in [0.717, 1.165) is 40.5 Å². The highest BCUT2D eigenvalue weighted by molar-refractivity contribution is 7.13. The van der Waals surface area contributed by atoms with Gasteiger partial charge in [-0.3, -0.25) is 10.1 Å². The van der Waals surface area contributed by atoms with Crippen LogP contribution in [0, 0.1) is 24.0 Å². The number of nitro groups is 1. The minimum atomic E-state index is -0.376. The number of anilines is 1. The summed E-state index contributed by atoms with van der Waals surface area (Å²) in [7, 11) is 0. The molecule has 5 nitrogen and oxygen atoms in total. The van der Waals surface area contributed by atoms with Crippen molar-refractivity contribution in [1.82, 2.24) is 4.98 Å². The van der Waals surface area contributed by atoms with Crippen LogP contribution in [0.15, 0.2) is 47.8 Å². The Hall–Kier alpha value is -2.73. The molecule has 0 saturated heterocycles. The predicted molar refractivity (Wildman–Crippen MR) is 102 cm³/mol. The molecule has 0 aliphatic rings. The second-order valence-corrected chi connectivity index (χ2v) is 6.80. The first-order chi connectivity index (χ1) is 12.0. The van der Waals surface area contributed by atoms with E-state index in [-0.39, 0.29) is 10.6 Å². The summed E-state index contributed by atoms with van der Waals surface area (Å²) in [6.07, 6.45) is 0.804. The highest BCUT2D eigenvalue weighted by Crippen LogP contribution is 2.25. The maximum atomic E-state index is 10.8. The van der Waals surface area contributed by atoms with Crippen molar-refractivity contribution in [3.63, 3.8) is 0 Å². The Morgan fingerprint density at radius 1 is 1.16 bits per heavy atom. The monoisotopic (exact) mass is 353 g/mol. The molecule has 0 atom stereocenters. The van der Waals surface area contributed by atoms with E-state index in [0.29, 0.717) is 0 Å². The summed E-state index contributed by atoms with van der Waals surface area (Å²) in [5.41, 5.74) is 5.33. The third-order valence-corrected chi connectivity index (χ3v) is 4.91. The molecule has 0 aliphatic heterocycles. The minimum absolute atomic E-state index is 0.116. The molecule has 3 aromatic rings. The minimum Gasteiger partial charge on any atom is -0.384 e. The molecule has 0 fully saturated rings. The number of benzene rings is 2. The quantitative estimate of drug-likeness (QED) is 0.501. The number of nitrogens with one attached hydrogen (secondary N) is 1. The van der Waals surface area contributed by atoms with Gasteiger partial charge < -0.3 is 5.32 Å². The van der Waals surface area contributed by atoms with Gasteiger partial charge in [-0.25, -0.2) is 4.98 Å². The van der Waals surface area contributed by atoms with E-state index in [1.165, 1.54) is 11.6 Å². The molecule has 25 heavy (non-hydrogen) atoms. The Kier molecular flexibility index (Phi) is 5.09. The van der Waals surface area contributed by atoms with E-state index in [1.54, 1.807) is 23.5 Å². The van der Waals surface area contributed by atoms with Crippen molar-refractivity contribution in [3.8, 4) is 10.6 Å². The van der Waals surface area contributed by atoms with Gasteiger partial charge in [-0.2, -0.15) is 0 Å². The van der Waals surface area contributed by atoms with E-state index in [1.807, 2.05) is 6.92 Å². The fraction of sp³-hybridized carbons (Fsp3) is 0.211. The second-order valence-electron chi connectivity index (χ2n) is 5.94. The first-order valence-electron chi connectivity index (χ1n) is 8.03. The van der Waals surface area contributed by atoms with E-state index in [2.05, 4.69) is 41.9 Å². The lowest BCUT2D eigenvalue weighted by molar-refractivity contribution is -0.384. The Balaban J connectivity index is 1.59. The van der Waals surface area contributed by atoms with Gasteiger partial charge in [0.2, 0.25) is 0 Å². The topological polar surface area (TPSA) is 68.1 Å². The third-order valence-electron chi connectivity index (χ3n) is 3.97. The number of nitro benzene ring substituents is 1. The average molecular weight is 353 g/mol. The van der Waals surface area contributed by atoms with Gasteiger partial charge in [-0.05, 0) is 25.5 Å². The highest BCUT2D eigenvalue weighted by atomic mass is 32.1. The van der Waals surface area contributed by atoms with Crippen molar-refractivity contribution in [2.45, 2.75) is 20.3 Å². The van der Waals surface area contributed by atoms with Crippen molar-refractivity contribution < 1.29 is 4.92 Å². The van der Waals surface area contributed by atoms with E-state index in [9.17, 15) is 10.1 Å². The molecule has 1 aromatic heterocycles. The van der Waals surface area contributed by atoms with Crippen molar-refractivity contribution in [2.75, 3.05) is 11.9 Å². The first-order valence-corrected chi connectivity index (χ1v) is 8.91. The van der Waals surface area contributed by atoms with Crippen LogP contribution < -0.4 is 5.32 Å². The van der Waals surface area contributed by atoms with Crippen LogP contribution in [0.1, 0.15) is 16.8 Å². The molecule has 128 valence electrons. The molecule has 3 rings (SSSR count). The molecule has 6 heteroatoms. The smallest absolute Gasteiger partial charge is 0.269 e. The van der Waals surface area contributed by atoms with Crippen molar-refractivity contribution in [3.05, 3.63) is 74.8 Å². The first kappa shape index (κ1) is 17.1. The average Bonchev–Trinajstić information content (AvgIpc) is 3.05. The van der Waals surface area contributed by atoms with E-state index in [4.69, 9.17) is 4.98 Å². The van der Waals surface area contributed by atoms with Crippen molar-refractivity contribution in [1.29, 1.82) is 0 Å². The number of aryl methyl sites for hydroxylation is 2. The zero-order valence-electron chi connectivity index (χ0n) is 14.2. The number of non-ortho nitro benzene ring substituents is 1. The standard InChI is InChI=1S/C19H19N3O2S/c1-13-3-5-15(6-4-13)19-21-16(12-25-19)9-10-20-18-8-7-17(22(23)24)11-14(18)2/h3-8,11-12,20H,9-10H2,1-2H3. The van der Waals surface area contributed by atoms with Crippen LogP contribution in [-0.4, -0.2) is 16.5 Å². The maximum Gasteiger partial charge on any atom is 0.269 e. The molecule has 0 radical (unpaired) electrons. The van der Waals surface area contributed by atoms with Crippen LogP contribution >= 0.6 is 11.3 Å². The summed E-state index contributed by atoms with van der Waals surface area (Å²) in [5.74, 6) is 0. The summed E-state index contributed by atoms with van der Waals surface area (Å²) < 4.78 is 0. The summed E-state index contributed by atoms with van der Waals surface area (Å²) in [5, 5.41) is 17.2. The Bertz CT molecular complexity index is 888. The number of nitrogens with zero attached hydrogens (tertiary/aromatic N) is 2. The lowest BCUT2D eigenvalue weighted by Gasteiger charge is -2.08. The molecule has 0 spiro atoms. The Labute approximate surface area is 150 Å². The van der Waals surface area contributed by atoms with Gasteiger partial charge in [-0.15, -0.1) is 11.3 Å². The summed E-state index contributed by atoms with van der Waals surface area (Å²) >= 11 is 1.65. The lowest BCUT2D eigenvalue weighted by atomic mass is 10.1. The molecule has 0 aliphatic carbocycles. The van der Waals surface area contributed by atoms with E-state index < -0.39 is 0 Å². The SMILES string of the molecule is Cc1ccc(-c2nc(CCNc3ccc([N+](=O)[O-])cc3C)cs2)cc1. The Morgan fingerprint density at radius 3 is 2.60 bits per heavy atom. The van der Waals surface area contributed by atoms with Gasteiger partial charge in [0.05, 0.1) is 10.6 Å². The fourth-order valence-electron chi connectivity index (χ4n) is 2.54. The molecule has 0 unspecified atom stereocenters. The normalized spacial score (nSPS) is 10.6. The van der Waals surface area contributed by atoms with Crippen LogP contribution in [0.5, 0.6) is 0 Å². The highest BCUT2D eigenvalue weighted by Gasteiger charge is 2.08. The zero-order chi connectivity index (χ0) is 17.8.